The van der Waals surface area contributed by atoms with E-state index in [9.17, 15) is 4.79 Å². The van der Waals surface area contributed by atoms with Gasteiger partial charge in [0.15, 0.2) is 5.13 Å². The third kappa shape index (κ3) is 5.09. The first-order chi connectivity index (χ1) is 14.6. The Hall–Kier alpha value is -2.64. The van der Waals surface area contributed by atoms with Gasteiger partial charge in [0.1, 0.15) is 11.5 Å². The van der Waals surface area contributed by atoms with Crippen molar-refractivity contribution >= 4 is 32.6 Å². The van der Waals surface area contributed by atoms with Crippen LogP contribution in [0, 0.1) is 0 Å². The minimum absolute atomic E-state index is 0.0612. The van der Waals surface area contributed by atoms with Crippen LogP contribution in [0.2, 0.25) is 0 Å². The lowest BCUT2D eigenvalue weighted by Gasteiger charge is -2.24. The molecule has 7 heteroatoms. The summed E-state index contributed by atoms with van der Waals surface area (Å²) in [5.74, 6) is 1.48. The van der Waals surface area contributed by atoms with E-state index in [4.69, 9.17) is 14.5 Å². The molecule has 1 amide bonds. The van der Waals surface area contributed by atoms with Crippen LogP contribution < -0.4 is 14.4 Å². The highest BCUT2D eigenvalue weighted by Crippen LogP contribution is 2.32. The largest absolute Gasteiger partial charge is 0.497 e. The molecule has 0 spiro atoms. The van der Waals surface area contributed by atoms with Crippen LogP contribution in [0.1, 0.15) is 31.1 Å². The van der Waals surface area contributed by atoms with Crippen molar-refractivity contribution in [3.63, 3.8) is 0 Å². The maximum absolute atomic E-state index is 13.4. The van der Waals surface area contributed by atoms with Crippen molar-refractivity contribution in [1.82, 2.24) is 9.88 Å². The van der Waals surface area contributed by atoms with Gasteiger partial charge in [-0.3, -0.25) is 9.69 Å². The third-order valence-electron chi connectivity index (χ3n) is 5.01. The molecule has 0 saturated carbocycles. The van der Waals surface area contributed by atoms with Crippen molar-refractivity contribution in [2.45, 2.75) is 20.8 Å². The summed E-state index contributed by atoms with van der Waals surface area (Å²) in [6.45, 7) is 10.1. The molecular formula is C23H29N3O3S. The van der Waals surface area contributed by atoms with E-state index in [1.807, 2.05) is 37.3 Å². The van der Waals surface area contributed by atoms with Crippen LogP contribution in [0.25, 0.3) is 10.2 Å². The Labute approximate surface area is 182 Å². The summed E-state index contributed by atoms with van der Waals surface area (Å²) in [5, 5.41) is 0.701. The molecule has 0 unspecified atom stereocenters. The van der Waals surface area contributed by atoms with Gasteiger partial charge < -0.3 is 14.4 Å². The fourth-order valence-corrected chi connectivity index (χ4v) is 4.24. The second-order valence-corrected chi connectivity index (χ2v) is 7.78. The molecule has 1 heterocycles. The number of methoxy groups -OCH3 is 1. The maximum Gasteiger partial charge on any atom is 0.260 e. The summed E-state index contributed by atoms with van der Waals surface area (Å²) in [6, 6.07) is 13.1. The number of carbonyl (C=O) groups excluding carboxylic acids is 1. The van der Waals surface area contributed by atoms with Gasteiger partial charge in [0, 0.05) is 18.7 Å². The van der Waals surface area contributed by atoms with E-state index in [-0.39, 0.29) is 5.91 Å². The summed E-state index contributed by atoms with van der Waals surface area (Å²) in [5.41, 5.74) is 1.48. The van der Waals surface area contributed by atoms with Crippen LogP contribution in [0.15, 0.2) is 42.5 Å². The van der Waals surface area contributed by atoms with Crippen LogP contribution in [-0.2, 0) is 0 Å². The number of carbonyl (C=O) groups is 1. The molecule has 0 aliphatic heterocycles. The van der Waals surface area contributed by atoms with E-state index < -0.39 is 0 Å². The lowest BCUT2D eigenvalue weighted by Crippen LogP contribution is -2.38. The molecule has 0 fully saturated rings. The molecule has 30 heavy (non-hydrogen) atoms. The first-order valence-electron chi connectivity index (χ1n) is 10.3. The van der Waals surface area contributed by atoms with Gasteiger partial charge in [-0.15, -0.1) is 0 Å². The van der Waals surface area contributed by atoms with Crippen LogP contribution in [0.5, 0.6) is 11.5 Å². The van der Waals surface area contributed by atoms with Gasteiger partial charge in [0.25, 0.3) is 5.91 Å². The number of thiazole rings is 1. The number of fused-ring (bicyclic) bond motifs is 1. The van der Waals surface area contributed by atoms with E-state index in [1.165, 1.54) is 11.3 Å². The van der Waals surface area contributed by atoms with E-state index in [0.29, 0.717) is 23.8 Å². The number of benzene rings is 2. The third-order valence-corrected chi connectivity index (χ3v) is 6.05. The molecule has 0 aliphatic rings. The lowest BCUT2D eigenvalue weighted by molar-refractivity contribution is 0.0983. The molecular weight excluding hydrogens is 398 g/mol. The predicted molar refractivity (Wildman–Crippen MR) is 123 cm³/mol. The standard InChI is InChI=1S/C23H29N3O3S/c1-5-25(6-2)14-15-26(22(27)17-8-10-18(28-4)11-9-17)23-24-20-13-12-19(29-7-3)16-21(20)30-23/h8-13,16H,5-7,14-15H2,1-4H3. The van der Waals surface area contributed by atoms with E-state index in [2.05, 4.69) is 18.7 Å². The number of aromatic nitrogens is 1. The highest BCUT2D eigenvalue weighted by atomic mass is 32.1. The molecule has 0 radical (unpaired) electrons. The number of hydrogen-bond donors (Lipinski definition) is 0. The summed E-state index contributed by atoms with van der Waals surface area (Å²) in [7, 11) is 1.62. The summed E-state index contributed by atoms with van der Waals surface area (Å²) in [6.07, 6.45) is 0. The normalized spacial score (nSPS) is 11.1. The quantitative estimate of drug-likeness (QED) is 0.470. The number of anilines is 1. The minimum atomic E-state index is -0.0612. The van der Waals surface area contributed by atoms with E-state index >= 15 is 0 Å². The van der Waals surface area contributed by atoms with Gasteiger partial charge in [-0.25, -0.2) is 4.98 Å². The molecule has 3 rings (SSSR count). The first-order valence-corrected chi connectivity index (χ1v) is 11.1. The Morgan fingerprint density at radius 3 is 2.33 bits per heavy atom. The average molecular weight is 428 g/mol. The van der Waals surface area contributed by atoms with E-state index in [0.717, 1.165) is 41.3 Å². The molecule has 0 bridgehead atoms. The van der Waals surface area contributed by atoms with Gasteiger partial charge in [-0.2, -0.15) is 0 Å². The molecule has 0 atom stereocenters. The molecule has 0 N–H and O–H groups in total. The van der Waals surface area contributed by atoms with Gasteiger partial charge in [-0.1, -0.05) is 25.2 Å². The maximum atomic E-state index is 13.4. The summed E-state index contributed by atoms with van der Waals surface area (Å²) >= 11 is 1.51. The number of likely N-dealkylation sites (N-methyl/N-ethyl adjacent to an activating group) is 1. The summed E-state index contributed by atoms with van der Waals surface area (Å²) < 4.78 is 11.8. The Morgan fingerprint density at radius 2 is 1.70 bits per heavy atom. The van der Waals surface area contributed by atoms with Crippen LogP contribution in [-0.4, -0.2) is 55.7 Å². The predicted octanol–water partition coefficient (Wildman–Crippen LogP) is 4.69. The molecule has 0 aliphatic carbocycles. The smallest absolute Gasteiger partial charge is 0.260 e. The van der Waals surface area contributed by atoms with Gasteiger partial charge in [-0.05, 0) is 62.5 Å². The summed E-state index contributed by atoms with van der Waals surface area (Å²) in [4.78, 5) is 22.2. The van der Waals surface area contributed by atoms with Gasteiger partial charge in [0.2, 0.25) is 0 Å². The van der Waals surface area contributed by atoms with Crippen molar-refractivity contribution in [3.05, 3.63) is 48.0 Å². The van der Waals surface area contributed by atoms with Gasteiger partial charge in [0.05, 0.1) is 23.9 Å². The zero-order valence-corrected chi connectivity index (χ0v) is 18.9. The van der Waals surface area contributed by atoms with Crippen molar-refractivity contribution in [1.29, 1.82) is 0 Å². The van der Waals surface area contributed by atoms with Gasteiger partial charge >= 0.3 is 0 Å². The molecule has 1 aromatic heterocycles. The lowest BCUT2D eigenvalue weighted by atomic mass is 10.2. The Morgan fingerprint density at radius 1 is 1.00 bits per heavy atom. The Kier molecular flexibility index (Phi) is 7.65. The first kappa shape index (κ1) is 22.1. The second kappa shape index (κ2) is 10.4. The SMILES string of the molecule is CCOc1ccc2nc(N(CCN(CC)CC)C(=O)c3ccc(OC)cc3)sc2c1. The molecule has 0 saturated heterocycles. The zero-order valence-electron chi connectivity index (χ0n) is 18.1. The highest BCUT2D eigenvalue weighted by molar-refractivity contribution is 7.22. The average Bonchev–Trinajstić information content (AvgIpc) is 3.19. The minimum Gasteiger partial charge on any atom is -0.497 e. The topological polar surface area (TPSA) is 54.9 Å². The molecule has 2 aromatic carbocycles. The number of amides is 1. The fourth-order valence-electron chi connectivity index (χ4n) is 3.22. The monoisotopic (exact) mass is 427 g/mol. The molecule has 6 nitrogen and oxygen atoms in total. The molecule has 3 aromatic rings. The fraction of sp³-hybridized carbons (Fsp3) is 0.391. The van der Waals surface area contributed by atoms with E-state index in [1.54, 1.807) is 24.1 Å². The van der Waals surface area contributed by atoms with Crippen molar-refractivity contribution in [2.24, 2.45) is 0 Å². The van der Waals surface area contributed by atoms with Crippen LogP contribution in [0.4, 0.5) is 5.13 Å². The number of hydrogen-bond acceptors (Lipinski definition) is 6. The van der Waals surface area contributed by atoms with Crippen molar-refractivity contribution < 1.29 is 14.3 Å². The second-order valence-electron chi connectivity index (χ2n) is 6.77. The number of nitrogens with zero attached hydrogens (tertiary/aromatic N) is 3. The number of rotatable bonds is 10. The number of ether oxygens (including phenoxy) is 2. The zero-order chi connectivity index (χ0) is 21.5. The van der Waals surface area contributed by atoms with Crippen LogP contribution in [0.3, 0.4) is 0 Å². The Balaban J connectivity index is 1.93. The van der Waals surface area contributed by atoms with Crippen molar-refractivity contribution in [2.75, 3.05) is 44.8 Å². The van der Waals surface area contributed by atoms with Crippen molar-refractivity contribution in [3.8, 4) is 11.5 Å². The highest BCUT2D eigenvalue weighted by Gasteiger charge is 2.22. The Bertz CT molecular complexity index is 967. The molecule has 160 valence electrons. The van der Waals surface area contributed by atoms with Crippen LogP contribution >= 0.6 is 11.3 Å².